The molecule has 3 N–H and O–H groups in total. The van der Waals surface area contributed by atoms with E-state index in [1.165, 1.54) is 0 Å². The van der Waals surface area contributed by atoms with Crippen LogP contribution in [0, 0.1) is 0 Å². The fourth-order valence-corrected chi connectivity index (χ4v) is 1.82. The van der Waals surface area contributed by atoms with E-state index in [1.807, 2.05) is 29.7 Å². The number of hydrogen-bond donors (Lipinski definition) is 2. The van der Waals surface area contributed by atoms with Gasteiger partial charge in [0.2, 0.25) is 0 Å². The second kappa shape index (κ2) is 3.55. The Hall–Kier alpha value is -1.55. The van der Waals surface area contributed by atoms with Crippen LogP contribution in [0.1, 0.15) is 25.8 Å². The number of imidazole rings is 1. The molecule has 4 nitrogen and oxygen atoms in total. The van der Waals surface area contributed by atoms with Gasteiger partial charge in [0.15, 0.2) is 0 Å². The molecule has 1 heterocycles. The normalized spacial score (nSPS) is 13.3. The van der Waals surface area contributed by atoms with Crippen molar-refractivity contribution in [3.05, 3.63) is 24.0 Å². The highest BCUT2D eigenvalue weighted by Crippen LogP contribution is 2.22. The summed E-state index contributed by atoms with van der Waals surface area (Å²) in [5, 5.41) is 9.59. The lowest BCUT2D eigenvalue weighted by Gasteiger charge is -2.07. The number of nitrogens with zero attached hydrogens (tertiary/aromatic N) is 2. The zero-order valence-electron chi connectivity index (χ0n) is 8.94. The van der Waals surface area contributed by atoms with Gasteiger partial charge in [-0.1, -0.05) is 0 Å². The van der Waals surface area contributed by atoms with Crippen molar-refractivity contribution < 1.29 is 5.11 Å². The first kappa shape index (κ1) is 9.98. The molecular formula is C11H15N3O. The van der Waals surface area contributed by atoms with Crippen molar-refractivity contribution in [2.75, 3.05) is 5.73 Å². The van der Waals surface area contributed by atoms with Crippen molar-refractivity contribution in [3.63, 3.8) is 0 Å². The standard InChI is InChI=1S/C11H15N3O/c1-3-14-10-5-4-8(12)6-9(10)13-11(14)7(2)15/h4-7,15H,3,12H2,1-2H3. The molecule has 0 radical (unpaired) electrons. The van der Waals surface area contributed by atoms with Gasteiger partial charge in [-0.05, 0) is 32.0 Å². The number of nitrogens with two attached hydrogens (primary N) is 1. The Labute approximate surface area is 88.3 Å². The zero-order valence-corrected chi connectivity index (χ0v) is 8.94. The molecule has 1 aromatic heterocycles. The van der Waals surface area contributed by atoms with Crippen molar-refractivity contribution in [1.82, 2.24) is 9.55 Å². The Kier molecular flexibility index (Phi) is 2.36. The lowest BCUT2D eigenvalue weighted by atomic mass is 10.3. The SMILES string of the molecule is CCn1c(C(C)O)nc2cc(N)ccc21. The molecule has 2 aromatic rings. The summed E-state index contributed by atoms with van der Waals surface area (Å²) in [4.78, 5) is 4.38. The number of anilines is 1. The average Bonchev–Trinajstić information content (AvgIpc) is 2.55. The highest BCUT2D eigenvalue weighted by Gasteiger charge is 2.13. The molecule has 80 valence electrons. The third-order valence-corrected chi connectivity index (χ3v) is 2.49. The van der Waals surface area contributed by atoms with Crippen molar-refractivity contribution in [3.8, 4) is 0 Å². The molecule has 4 heteroatoms. The number of rotatable bonds is 2. The van der Waals surface area contributed by atoms with Crippen LogP contribution in [0.4, 0.5) is 5.69 Å². The summed E-state index contributed by atoms with van der Waals surface area (Å²) >= 11 is 0. The monoisotopic (exact) mass is 205 g/mol. The fourth-order valence-electron chi connectivity index (χ4n) is 1.82. The maximum Gasteiger partial charge on any atom is 0.138 e. The number of nitrogen functional groups attached to an aromatic ring is 1. The summed E-state index contributed by atoms with van der Waals surface area (Å²) in [5.74, 6) is 0.693. The van der Waals surface area contributed by atoms with Gasteiger partial charge in [-0.15, -0.1) is 0 Å². The first-order chi connectivity index (χ1) is 7.13. The van der Waals surface area contributed by atoms with Crippen LogP contribution in [0.25, 0.3) is 11.0 Å². The average molecular weight is 205 g/mol. The molecule has 0 saturated carbocycles. The quantitative estimate of drug-likeness (QED) is 0.733. The van der Waals surface area contributed by atoms with Crippen molar-refractivity contribution >= 4 is 16.7 Å². The van der Waals surface area contributed by atoms with Crippen molar-refractivity contribution in [2.45, 2.75) is 26.5 Å². The lowest BCUT2D eigenvalue weighted by molar-refractivity contribution is 0.184. The van der Waals surface area contributed by atoms with Crippen LogP contribution in [-0.4, -0.2) is 14.7 Å². The minimum absolute atomic E-state index is 0.557. The number of aryl methyl sites for hydroxylation is 1. The smallest absolute Gasteiger partial charge is 0.138 e. The predicted molar refractivity (Wildman–Crippen MR) is 60.5 cm³/mol. The summed E-state index contributed by atoms with van der Waals surface area (Å²) < 4.78 is 2.00. The Balaban J connectivity index is 2.73. The first-order valence-corrected chi connectivity index (χ1v) is 5.07. The Bertz CT molecular complexity index is 488. The summed E-state index contributed by atoms with van der Waals surface area (Å²) in [6.07, 6.45) is -0.557. The molecule has 15 heavy (non-hydrogen) atoms. The maximum atomic E-state index is 9.59. The molecule has 0 aliphatic carbocycles. The van der Waals surface area contributed by atoms with Gasteiger partial charge < -0.3 is 15.4 Å². The van der Waals surface area contributed by atoms with E-state index >= 15 is 0 Å². The van der Waals surface area contributed by atoms with Gasteiger partial charge in [0.05, 0.1) is 11.0 Å². The minimum Gasteiger partial charge on any atom is -0.399 e. The zero-order chi connectivity index (χ0) is 11.0. The van der Waals surface area contributed by atoms with E-state index in [4.69, 9.17) is 5.73 Å². The van der Waals surface area contributed by atoms with E-state index in [-0.39, 0.29) is 0 Å². The van der Waals surface area contributed by atoms with Crippen LogP contribution >= 0.6 is 0 Å². The molecule has 0 aliphatic heterocycles. The second-order valence-corrected chi connectivity index (χ2v) is 3.64. The van der Waals surface area contributed by atoms with Crippen LogP contribution in [0.3, 0.4) is 0 Å². The molecular weight excluding hydrogens is 190 g/mol. The molecule has 1 atom stereocenters. The van der Waals surface area contributed by atoms with Crippen LogP contribution in [0.2, 0.25) is 0 Å². The number of aliphatic hydroxyl groups is 1. The Morgan fingerprint density at radius 1 is 1.53 bits per heavy atom. The van der Waals surface area contributed by atoms with Gasteiger partial charge >= 0.3 is 0 Å². The highest BCUT2D eigenvalue weighted by molar-refractivity contribution is 5.79. The fraction of sp³-hybridized carbons (Fsp3) is 0.364. The molecule has 1 unspecified atom stereocenters. The van der Waals surface area contributed by atoms with E-state index in [1.54, 1.807) is 6.92 Å². The van der Waals surface area contributed by atoms with E-state index in [0.29, 0.717) is 11.5 Å². The summed E-state index contributed by atoms with van der Waals surface area (Å²) in [6.45, 7) is 4.54. The molecule has 0 fully saturated rings. The number of benzene rings is 1. The topological polar surface area (TPSA) is 64.1 Å². The Morgan fingerprint density at radius 2 is 2.27 bits per heavy atom. The Morgan fingerprint density at radius 3 is 2.87 bits per heavy atom. The van der Waals surface area contributed by atoms with E-state index in [0.717, 1.165) is 17.6 Å². The van der Waals surface area contributed by atoms with Gasteiger partial charge in [0.1, 0.15) is 11.9 Å². The number of aliphatic hydroxyl groups excluding tert-OH is 1. The van der Waals surface area contributed by atoms with E-state index < -0.39 is 6.10 Å². The summed E-state index contributed by atoms with van der Waals surface area (Å²) in [5.41, 5.74) is 8.24. The minimum atomic E-state index is -0.557. The molecule has 0 saturated heterocycles. The van der Waals surface area contributed by atoms with Gasteiger partial charge in [-0.25, -0.2) is 4.98 Å². The second-order valence-electron chi connectivity index (χ2n) is 3.64. The van der Waals surface area contributed by atoms with Gasteiger partial charge in [-0.3, -0.25) is 0 Å². The van der Waals surface area contributed by atoms with Gasteiger partial charge in [0, 0.05) is 12.2 Å². The molecule has 0 spiro atoms. The third-order valence-electron chi connectivity index (χ3n) is 2.49. The lowest BCUT2D eigenvalue weighted by Crippen LogP contribution is -2.04. The largest absolute Gasteiger partial charge is 0.399 e. The van der Waals surface area contributed by atoms with Crippen LogP contribution < -0.4 is 5.73 Å². The predicted octanol–water partition coefficient (Wildman–Crippen LogP) is 1.69. The molecule has 1 aromatic carbocycles. The summed E-state index contributed by atoms with van der Waals surface area (Å²) in [7, 11) is 0. The first-order valence-electron chi connectivity index (χ1n) is 5.07. The van der Waals surface area contributed by atoms with Crippen molar-refractivity contribution in [2.24, 2.45) is 0 Å². The van der Waals surface area contributed by atoms with Crippen LogP contribution in [0.5, 0.6) is 0 Å². The highest BCUT2D eigenvalue weighted by atomic mass is 16.3. The third kappa shape index (κ3) is 1.57. The summed E-state index contributed by atoms with van der Waals surface area (Å²) in [6, 6.07) is 5.61. The van der Waals surface area contributed by atoms with Gasteiger partial charge in [0.25, 0.3) is 0 Å². The maximum absolute atomic E-state index is 9.59. The van der Waals surface area contributed by atoms with Crippen LogP contribution in [-0.2, 0) is 6.54 Å². The van der Waals surface area contributed by atoms with E-state index in [2.05, 4.69) is 4.98 Å². The van der Waals surface area contributed by atoms with Crippen LogP contribution in [0.15, 0.2) is 18.2 Å². The molecule has 0 amide bonds. The number of fused-ring (bicyclic) bond motifs is 1. The number of aromatic nitrogens is 2. The molecule has 0 aliphatic rings. The number of hydrogen-bond acceptors (Lipinski definition) is 3. The van der Waals surface area contributed by atoms with Crippen molar-refractivity contribution in [1.29, 1.82) is 0 Å². The molecule has 0 bridgehead atoms. The van der Waals surface area contributed by atoms with E-state index in [9.17, 15) is 5.11 Å². The molecule has 2 rings (SSSR count). The van der Waals surface area contributed by atoms with Gasteiger partial charge in [-0.2, -0.15) is 0 Å².